The molecule has 2 aliphatic rings. The molecule has 1 fully saturated rings. The first-order chi connectivity index (χ1) is 13.3. The normalized spacial score (nSPS) is 20.3. The van der Waals surface area contributed by atoms with Crippen molar-refractivity contribution in [3.63, 3.8) is 0 Å². The Morgan fingerprint density at radius 3 is 2.70 bits per heavy atom. The van der Waals surface area contributed by atoms with Crippen molar-refractivity contribution in [3.8, 4) is 11.5 Å². The van der Waals surface area contributed by atoms with Crippen LogP contribution in [0.3, 0.4) is 0 Å². The van der Waals surface area contributed by atoms with Crippen LogP contribution in [0.25, 0.3) is 11.1 Å². The molecule has 0 radical (unpaired) electrons. The van der Waals surface area contributed by atoms with Crippen molar-refractivity contribution in [1.29, 1.82) is 0 Å². The molecule has 0 saturated carbocycles. The van der Waals surface area contributed by atoms with E-state index in [1.165, 1.54) is 5.56 Å². The molecular weight excluding hydrogens is 342 g/mol. The van der Waals surface area contributed by atoms with Crippen LogP contribution in [-0.4, -0.2) is 55.8 Å². The van der Waals surface area contributed by atoms with Gasteiger partial charge in [0, 0.05) is 32.2 Å². The molecule has 5 rings (SSSR count). The Hall–Kier alpha value is -2.73. The number of piperazine rings is 1. The number of hydrogen-bond donors (Lipinski definition) is 0. The van der Waals surface area contributed by atoms with E-state index in [-0.39, 0.29) is 0 Å². The standard InChI is InChI=1S/C21H23N3O3/c1-25-19-8-4-5-15-13-16(14-26-20(15)19)23-9-11-24(12-10-23)21-22-17-6-2-3-7-18(17)27-21/h2-8,16H,9-14H2,1H3. The second-order valence-electron chi connectivity index (χ2n) is 7.10. The van der Waals surface area contributed by atoms with Gasteiger partial charge in [-0.3, -0.25) is 4.90 Å². The van der Waals surface area contributed by atoms with Crippen LogP contribution in [0.5, 0.6) is 11.5 Å². The van der Waals surface area contributed by atoms with Gasteiger partial charge in [-0.25, -0.2) is 0 Å². The number of anilines is 1. The van der Waals surface area contributed by atoms with Crippen LogP contribution in [0.2, 0.25) is 0 Å². The van der Waals surface area contributed by atoms with Crippen LogP contribution in [0.15, 0.2) is 46.9 Å². The molecule has 1 atom stereocenters. The number of ether oxygens (including phenoxy) is 2. The van der Waals surface area contributed by atoms with Crippen molar-refractivity contribution in [2.45, 2.75) is 12.5 Å². The van der Waals surface area contributed by atoms with Gasteiger partial charge in [-0.15, -0.1) is 0 Å². The minimum absolute atomic E-state index is 0.399. The molecule has 0 aliphatic carbocycles. The van der Waals surface area contributed by atoms with Crippen LogP contribution in [0.4, 0.5) is 6.01 Å². The summed E-state index contributed by atoms with van der Waals surface area (Å²) in [5.74, 6) is 1.73. The van der Waals surface area contributed by atoms with Crippen molar-refractivity contribution in [2.75, 3.05) is 44.8 Å². The Bertz CT molecular complexity index is 914. The Balaban J connectivity index is 1.25. The minimum atomic E-state index is 0.399. The molecule has 3 aromatic rings. The van der Waals surface area contributed by atoms with E-state index < -0.39 is 0 Å². The van der Waals surface area contributed by atoms with Gasteiger partial charge in [-0.05, 0) is 30.2 Å². The summed E-state index contributed by atoms with van der Waals surface area (Å²) in [6.07, 6.45) is 0.995. The van der Waals surface area contributed by atoms with Crippen molar-refractivity contribution in [2.24, 2.45) is 0 Å². The van der Waals surface area contributed by atoms with Crippen molar-refractivity contribution in [1.82, 2.24) is 9.88 Å². The Morgan fingerprint density at radius 1 is 1.04 bits per heavy atom. The number of methoxy groups -OCH3 is 1. The van der Waals surface area contributed by atoms with E-state index in [2.05, 4.69) is 20.9 Å². The van der Waals surface area contributed by atoms with Gasteiger partial charge in [-0.2, -0.15) is 4.98 Å². The molecule has 1 saturated heterocycles. The summed E-state index contributed by atoms with van der Waals surface area (Å²) < 4.78 is 17.4. The first-order valence-electron chi connectivity index (χ1n) is 9.45. The van der Waals surface area contributed by atoms with Crippen LogP contribution in [-0.2, 0) is 6.42 Å². The lowest BCUT2D eigenvalue weighted by atomic mass is 10.0. The van der Waals surface area contributed by atoms with Gasteiger partial charge >= 0.3 is 0 Å². The van der Waals surface area contributed by atoms with E-state index in [0.29, 0.717) is 12.6 Å². The summed E-state index contributed by atoms with van der Waals surface area (Å²) in [4.78, 5) is 9.37. The summed E-state index contributed by atoms with van der Waals surface area (Å²) in [6.45, 7) is 4.48. The fourth-order valence-corrected chi connectivity index (χ4v) is 4.05. The maximum Gasteiger partial charge on any atom is 0.298 e. The molecule has 27 heavy (non-hydrogen) atoms. The summed E-state index contributed by atoms with van der Waals surface area (Å²) in [7, 11) is 1.69. The molecule has 0 spiro atoms. The third kappa shape index (κ3) is 3.00. The highest BCUT2D eigenvalue weighted by Crippen LogP contribution is 2.35. The molecule has 3 heterocycles. The molecule has 0 N–H and O–H groups in total. The van der Waals surface area contributed by atoms with E-state index >= 15 is 0 Å². The number of nitrogens with zero attached hydrogens (tertiary/aromatic N) is 3. The molecule has 6 heteroatoms. The van der Waals surface area contributed by atoms with Gasteiger partial charge < -0.3 is 18.8 Å². The lowest BCUT2D eigenvalue weighted by Gasteiger charge is -2.40. The van der Waals surface area contributed by atoms with Crippen molar-refractivity contribution >= 4 is 17.1 Å². The first kappa shape index (κ1) is 16.4. The van der Waals surface area contributed by atoms with Gasteiger partial charge in [-0.1, -0.05) is 24.3 Å². The van der Waals surface area contributed by atoms with E-state index in [1.807, 2.05) is 36.4 Å². The molecule has 0 bridgehead atoms. The van der Waals surface area contributed by atoms with E-state index in [0.717, 1.165) is 61.2 Å². The number of para-hydroxylation sites is 3. The number of hydrogen-bond acceptors (Lipinski definition) is 6. The van der Waals surface area contributed by atoms with Crippen LogP contribution < -0.4 is 14.4 Å². The zero-order chi connectivity index (χ0) is 18.2. The summed E-state index contributed by atoms with van der Waals surface area (Å²) in [5.41, 5.74) is 2.99. The maximum atomic E-state index is 6.05. The molecule has 2 aliphatic heterocycles. The average molecular weight is 365 g/mol. The third-order valence-corrected chi connectivity index (χ3v) is 5.54. The minimum Gasteiger partial charge on any atom is -0.493 e. The molecule has 2 aromatic carbocycles. The molecule has 6 nitrogen and oxygen atoms in total. The fourth-order valence-electron chi connectivity index (χ4n) is 4.05. The van der Waals surface area contributed by atoms with Gasteiger partial charge in [0.15, 0.2) is 17.1 Å². The van der Waals surface area contributed by atoms with Crippen LogP contribution in [0.1, 0.15) is 5.56 Å². The fraction of sp³-hybridized carbons (Fsp3) is 0.381. The maximum absolute atomic E-state index is 6.05. The predicted octanol–water partition coefficient (Wildman–Crippen LogP) is 2.96. The lowest BCUT2D eigenvalue weighted by Crippen LogP contribution is -2.53. The first-order valence-corrected chi connectivity index (χ1v) is 9.45. The monoisotopic (exact) mass is 365 g/mol. The number of aromatic nitrogens is 1. The van der Waals surface area contributed by atoms with E-state index in [4.69, 9.17) is 13.9 Å². The van der Waals surface area contributed by atoms with Crippen LogP contribution in [0, 0.1) is 0 Å². The zero-order valence-corrected chi connectivity index (χ0v) is 15.4. The van der Waals surface area contributed by atoms with Gasteiger partial charge in [0.2, 0.25) is 0 Å². The molecule has 140 valence electrons. The van der Waals surface area contributed by atoms with Gasteiger partial charge in [0.05, 0.1) is 7.11 Å². The largest absolute Gasteiger partial charge is 0.493 e. The second kappa shape index (κ2) is 6.78. The molecule has 1 unspecified atom stereocenters. The van der Waals surface area contributed by atoms with E-state index in [9.17, 15) is 0 Å². The summed E-state index contributed by atoms with van der Waals surface area (Å²) >= 11 is 0. The second-order valence-corrected chi connectivity index (χ2v) is 7.10. The Labute approximate surface area is 158 Å². The molecular formula is C21H23N3O3. The quantitative estimate of drug-likeness (QED) is 0.711. The number of fused-ring (bicyclic) bond motifs is 2. The van der Waals surface area contributed by atoms with Gasteiger partial charge in [0.1, 0.15) is 12.1 Å². The van der Waals surface area contributed by atoms with E-state index in [1.54, 1.807) is 7.11 Å². The van der Waals surface area contributed by atoms with Crippen LogP contribution >= 0.6 is 0 Å². The average Bonchev–Trinajstić information content (AvgIpc) is 3.17. The smallest absolute Gasteiger partial charge is 0.298 e. The number of oxazole rings is 1. The summed E-state index contributed by atoms with van der Waals surface area (Å²) in [6, 6.07) is 15.2. The topological polar surface area (TPSA) is 51.0 Å². The molecule has 1 aromatic heterocycles. The van der Waals surface area contributed by atoms with Gasteiger partial charge in [0.25, 0.3) is 6.01 Å². The van der Waals surface area contributed by atoms with Crippen molar-refractivity contribution in [3.05, 3.63) is 48.0 Å². The zero-order valence-electron chi connectivity index (χ0n) is 15.4. The summed E-state index contributed by atoms with van der Waals surface area (Å²) in [5, 5.41) is 0. The SMILES string of the molecule is COc1cccc2c1OCC(N1CCN(c3nc4ccccc4o3)CC1)C2. The van der Waals surface area contributed by atoms with Crippen molar-refractivity contribution < 1.29 is 13.9 Å². The third-order valence-electron chi connectivity index (χ3n) is 5.54. The Morgan fingerprint density at radius 2 is 1.89 bits per heavy atom. The highest BCUT2D eigenvalue weighted by atomic mass is 16.5. The lowest BCUT2D eigenvalue weighted by molar-refractivity contribution is 0.110. The molecule has 0 amide bonds. The highest BCUT2D eigenvalue weighted by molar-refractivity contribution is 5.74. The predicted molar refractivity (Wildman–Crippen MR) is 104 cm³/mol. The number of rotatable bonds is 3. The Kier molecular flexibility index (Phi) is 4.13. The number of benzene rings is 2. The highest BCUT2D eigenvalue weighted by Gasteiger charge is 2.30.